The number of hydrogen-bond acceptors (Lipinski definition) is 4. The molecular formula is C12H20N4O. The Hall–Kier alpha value is -1.65. The van der Waals surface area contributed by atoms with E-state index in [4.69, 9.17) is 0 Å². The largest absolute Gasteiger partial charge is 0.352 e. The smallest absolute Gasteiger partial charge is 0.254 e. The van der Waals surface area contributed by atoms with Crippen molar-refractivity contribution in [2.75, 3.05) is 5.32 Å². The minimum Gasteiger partial charge on any atom is -0.352 e. The molecule has 0 aliphatic rings. The lowest BCUT2D eigenvalue weighted by Gasteiger charge is -2.12. The maximum Gasteiger partial charge on any atom is 0.254 e. The number of carbonyl (C=O) groups is 1. The fraction of sp³-hybridized carbons (Fsp3) is 0.583. The Morgan fingerprint density at radius 1 is 1.24 bits per heavy atom. The van der Waals surface area contributed by atoms with Gasteiger partial charge in [-0.2, -0.15) is 0 Å². The standard InChI is InChI=1S/C12H20N4O/c1-7(2)14-11(17)10-6-13-12(15-8(3)4)16-9(10)5/h6-8H,1-5H3,(H,14,17)(H,13,15,16). The number of aryl methyl sites for hydroxylation is 1. The lowest BCUT2D eigenvalue weighted by molar-refractivity contribution is 0.0941. The summed E-state index contributed by atoms with van der Waals surface area (Å²) in [6.07, 6.45) is 1.56. The van der Waals surface area contributed by atoms with E-state index < -0.39 is 0 Å². The summed E-state index contributed by atoms with van der Waals surface area (Å²) in [6, 6.07) is 0.375. The molecule has 1 rings (SSSR count). The molecule has 0 aromatic carbocycles. The van der Waals surface area contributed by atoms with Crippen LogP contribution in [-0.2, 0) is 0 Å². The minimum absolute atomic E-state index is 0.107. The van der Waals surface area contributed by atoms with Gasteiger partial charge >= 0.3 is 0 Å². The minimum atomic E-state index is -0.131. The van der Waals surface area contributed by atoms with Crippen LogP contribution in [0.2, 0.25) is 0 Å². The van der Waals surface area contributed by atoms with Gasteiger partial charge in [0.25, 0.3) is 5.91 Å². The molecule has 0 spiro atoms. The van der Waals surface area contributed by atoms with Crippen LogP contribution in [0.3, 0.4) is 0 Å². The molecule has 0 fully saturated rings. The Bertz CT molecular complexity index is 401. The quantitative estimate of drug-likeness (QED) is 0.835. The van der Waals surface area contributed by atoms with Crippen LogP contribution in [0.4, 0.5) is 5.95 Å². The first-order valence-corrected chi connectivity index (χ1v) is 5.81. The maximum atomic E-state index is 11.8. The molecule has 17 heavy (non-hydrogen) atoms. The van der Waals surface area contributed by atoms with Crippen LogP contribution in [0.15, 0.2) is 6.20 Å². The highest BCUT2D eigenvalue weighted by molar-refractivity contribution is 5.95. The van der Waals surface area contributed by atoms with Crippen molar-refractivity contribution in [1.29, 1.82) is 0 Å². The van der Waals surface area contributed by atoms with Crippen LogP contribution < -0.4 is 10.6 Å². The first-order chi connectivity index (χ1) is 7.90. The normalized spacial score (nSPS) is 10.8. The van der Waals surface area contributed by atoms with E-state index in [9.17, 15) is 4.79 Å². The number of nitrogens with one attached hydrogen (secondary N) is 2. The van der Waals surface area contributed by atoms with E-state index in [1.165, 1.54) is 0 Å². The average molecular weight is 236 g/mol. The summed E-state index contributed by atoms with van der Waals surface area (Å²) in [7, 11) is 0. The summed E-state index contributed by atoms with van der Waals surface area (Å²) < 4.78 is 0. The summed E-state index contributed by atoms with van der Waals surface area (Å²) in [4.78, 5) is 20.2. The van der Waals surface area contributed by atoms with Crippen LogP contribution in [0.25, 0.3) is 0 Å². The third-order valence-electron chi connectivity index (χ3n) is 2.06. The maximum absolute atomic E-state index is 11.8. The molecule has 1 amide bonds. The zero-order valence-corrected chi connectivity index (χ0v) is 11.0. The predicted molar refractivity (Wildman–Crippen MR) is 68.1 cm³/mol. The summed E-state index contributed by atoms with van der Waals surface area (Å²) in [5.74, 6) is 0.423. The summed E-state index contributed by atoms with van der Waals surface area (Å²) in [6.45, 7) is 9.67. The molecule has 0 aliphatic heterocycles. The van der Waals surface area contributed by atoms with E-state index in [0.29, 0.717) is 17.2 Å². The Morgan fingerprint density at radius 2 is 1.88 bits per heavy atom. The Kier molecular flexibility index (Phi) is 4.43. The number of aromatic nitrogens is 2. The Labute approximate surface area is 102 Å². The van der Waals surface area contributed by atoms with Gasteiger partial charge in [0.2, 0.25) is 5.95 Å². The predicted octanol–water partition coefficient (Wildman–Crippen LogP) is 1.74. The van der Waals surface area contributed by atoms with Gasteiger partial charge in [0, 0.05) is 18.3 Å². The van der Waals surface area contributed by atoms with E-state index in [2.05, 4.69) is 20.6 Å². The molecule has 5 nitrogen and oxygen atoms in total. The molecule has 94 valence electrons. The highest BCUT2D eigenvalue weighted by Crippen LogP contribution is 2.08. The van der Waals surface area contributed by atoms with Crippen molar-refractivity contribution in [2.24, 2.45) is 0 Å². The zero-order valence-electron chi connectivity index (χ0n) is 11.0. The van der Waals surface area contributed by atoms with Crippen molar-refractivity contribution >= 4 is 11.9 Å². The first-order valence-electron chi connectivity index (χ1n) is 5.81. The second-order valence-corrected chi connectivity index (χ2v) is 4.62. The molecule has 1 aromatic rings. The second-order valence-electron chi connectivity index (χ2n) is 4.62. The van der Waals surface area contributed by atoms with Gasteiger partial charge < -0.3 is 10.6 Å². The van der Waals surface area contributed by atoms with Crippen LogP contribution in [0.5, 0.6) is 0 Å². The molecule has 5 heteroatoms. The van der Waals surface area contributed by atoms with Gasteiger partial charge in [0.1, 0.15) is 0 Å². The number of carbonyl (C=O) groups excluding carboxylic acids is 1. The molecule has 0 atom stereocenters. The topological polar surface area (TPSA) is 66.9 Å². The SMILES string of the molecule is Cc1nc(NC(C)C)ncc1C(=O)NC(C)C. The van der Waals surface area contributed by atoms with Crippen molar-refractivity contribution in [1.82, 2.24) is 15.3 Å². The number of rotatable bonds is 4. The molecule has 0 unspecified atom stereocenters. The second kappa shape index (κ2) is 5.61. The number of nitrogens with zero attached hydrogens (tertiary/aromatic N) is 2. The van der Waals surface area contributed by atoms with Crippen molar-refractivity contribution in [2.45, 2.75) is 46.7 Å². The van der Waals surface area contributed by atoms with E-state index in [1.807, 2.05) is 34.6 Å². The van der Waals surface area contributed by atoms with Gasteiger partial charge in [-0.15, -0.1) is 0 Å². The molecule has 1 aromatic heterocycles. The third kappa shape index (κ3) is 4.01. The third-order valence-corrected chi connectivity index (χ3v) is 2.06. The fourth-order valence-corrected chi connectivity index (χ4v) is 1.36. The van der Waals surface area contributed by atoms with Crippen molar-refractivity contribution < 1.29 is 4.79 Å². The Balaban J connectivity index is 2.86. The average Bonchev–Trinajstić information content (AvgIpc) is 2.14. The van der Waals surface area contributed by atoms with E-state index in [-0.39, 0.29) is 18.0 Å². The summed E-state index contributed by atoms with van der Waals surface area (Å²) in [5, 5.41) is 5.92. The molecule has 2 N–H and O–H groups in total. The lowest BCUT2D eigenvalue weighted by atomic mass is 10.2. The van der Waals surface area contributed by atoms with Crippen molar-refractivity contribution in [3.05, 3.63) is 17.5 Å². The molecule has 0 radical (unpaired) electrons. The van der Waals surface area contributed by atoms with Crippen LogP contribution >= 0.6 is 0 Å². The van der Waals surface area contributed by atoms with Crippen molar-refractivity contribution in [3.63, 3.8) is 0 Å². The molecule has 1 heterocycles. The first kappa shape index (κ1) is 13.4. The zero-order chi connectivity index (χ0) is 13.0. The van der Waals surface area contributed by atoms with E-state index >= 15 is 0 Å². The van der Waals surface area contributed by atoms with Gasteiger partial charge in [-0.25, -0.2) is 9.97 Å². The highest BCUT2D eigenvalue weighted by Gasteiger charge is 2.12. The monoisotopic (exact) mass is 236 g/mol. The number of anilines is 1. The lowest BCUT2D eigenvalue weighted by Crippen LogP contribution is -2.31. The molecule has 0 saturated heterocycles. The summed E-state index contributed by atoms with van der Waals surface area (Å²) in [5.41, 5.74) is 1.20. The van der Waals surface area contributed by atoms with Gasteiger partial charge in [0.05, 0.1) is 11.3 Å². The van der Waals surface area contributed by atoms with E-state index in [0.717, 1.165) is 0 Å². The van der Waals surface area contributed by atoms with Crippen LogP contribution in [0, 0.1) is 6.92 Å². The van der Waals surface area contributed by atoms with E-state index in [1.54, 1.807) is 6.20 Å². The van der Waals surface area contributed by atoms with Gasteiger partial charge in [-0.3, -0.25) is 4.79 Å². The van der Waals surface area contributed by atoms with Crippen LogP contribution in [0.1, 0.15) is 43.7 Å². The molecule has 0 aliphatic carbocycles. The van der Waals surface area contributed by atoms with Crippen molar-refractivity contribution in [3.8, 4) is 0 Å². The van der Waals surface area contributed by atoms with Gasteiger partial charge in [-0.05, 0) is 34.6 Å². The summed E-state index contributed by atoms with van der Waals surface area (Å²) >= 11 is 0. The fourth-order valence-electron chi connectivity index (χ4n) is 1.36. The molecular weight excluding hydrogens is 216 g/mol. The molecule has 0 bridgehead atoms. The Morgan fingerprint density at radius 3 is 2.35 bits per heavy atom. The van der Waals surface area contributed by atoms with Gasteiger partial charge in [0.15, 0.2) is 0 Å². The number of amides is 1. The number of hydrogen-bond donors (Lipinski definition) is 2. The molecule has 0 saturated carbocycles. The van der Waals surface area contributed by atoms with Gasteiger partial charge in [-0.1, -0.05) is 0 Å². The van der Waals surface area contributed by atoms with Crippen LogP contribution in [-0.4, -0.2) is 28.0 Å². The highest BCUT2D eigenvalue weighted by atomic mass is 16.1.